The summed E-state index contributed by atoms with van der Waals surface area (Å²) < 4.78 is 55.1. The molecule has 0 aliphatic carbocycles. The number of fused-ring (bicyclic) bond motifs is 2. The average molecular weight is 628 g/mol. The Morgan fingerprint density at radius 2 is 1.84 bits per heavy atom. The van der Waals surface area contributed by atoms with Gasteiger partial charge in [-0.2, -0.15) is 18.3 Å². The van der Waals surface area contributed by atoms with Crippen LogP contribution in [0.4, 0.5) is 23.4 Å². The summed E-state index contributed by atoms with van der Waals surface area (Å²) in [6, 6.07) is 6.98. The third-order valence-electron chi connectivity index (χ3n) is 8.10. The molecule has 0 spiro atoms. The third-order valence-corrected chi connectivity index (χ3v) is 8.39. The number of piperidine rings is 1. The highest BCUT2D eigenvalue weighted by molar-refractivity contribution is 6.33. The van der Waals surface area contributed by atoms with Crippen LogP contribution in [0.1, 0.15) is 39.9 Å². The number of benzene rings is 1. The highest BCUT2D eigenvalue weighted by Gasteiger charge is 2.39. The van der Waals surface area contributed by atoms with Crippen LogP contribution in [0.3, 0.4) is 0 Å². The van der Waals surface area contributed by atoms with Gasteiger partial charge in [-0.1, -0.05) is 23.7 Å². The lowest BCUT2D eigenvalue weighted by molar-refractivity contribution is -0.138. The third kappa shape index (κ3) is 4.82. The van der Waals surface area contributed by atoms with E-state index in [9.17, 15) is 31.9 Å². The molecular formula is C29H22ClF4N7O3. The first kappa shape index (κ1) is 28.2. The van der Waals surface area contributed by atoms with Gasteiger partial charge in [0.05, 0.1) is 42.1 Å². The number of pyridine rings is 2. The molecule has 1 N–H and O–H groups in total. The molecule has 0 saturated carbocycles. The van der Waals surface area contributed by atoms with E-state index in [4.69, 9.17) is 16.6 Å². The molecule has 1 atom stereocenters. The van der Waals surface area contributed by atoms with Crippen molar-refractivity contribution in [2.45, 2.75) is 44.3 Å². The molecule has 1 aromatic carbocycles. The van der Waals surface area contributed by atoms with Crippen LogP contribution in [0, 0.1) is 0 Å². The predicted octanol–water partition coefficient (Wildman–Crippen LogP) is 4.13. The Hall–Kier alpha value is -4.59. The minimum absolute atomic E-state index is 0.106. The number of alkyl halides is 4. The largest absolute Gasteiger partial charge is 0.417 e. The average Bonchev–Trinajstić information content (AvgIpc) is 3.50. The highest BCUT2D eigenvalue weighted by Crippen LogP contribution is 2.38. The second-order valence-corrected chi connectivity index (χ2v) is 11.4. The number of nitrogens with zero attached hydrogens (tertiary/aromatic N) is 6. The van der Waals surface area contributed by atoms with E-state index in [-0.39, 0.29) is 61.6 Å². The van der Waals surface area contributed by atoms with Crippen molar-refractivity contribution in [3.05, 3.63) is 70.0 Å². The predicted molar refractivity (Wildman–Crippen MR) is 149 cm³/mol. The van der Waals surface area contributed by atoms with Crippen molar-refractivity contribution in [2.75, 3.05) is 18.0 Å². The zero-order valence-corrected chi connectivity index (χ0v) is 23.5. The Morgan fingerprint density at radius 1 is 1.05 bits per heavy atom. The van der Waals surface area contributed by atoms with E-state index in [1.54, 1.807) is 27.8 Å². The van der Waals surface area contributed by atoms with Crippen LogP contribution in [-0.4, -0.2) is 67.7 Å². The Labute approximate surface area is 251 Å². The highest BCUT2D eigenvalue weighted by atomic mass is 35.5. The summed E-state index contributed by atoms with van der Waals surface area (Å²) in [4.78, 5) is 48.9. The van der Waals surface area contributed by atoms with Crippen molar-refractivity contribution in [1.29, 1.82) is 0 Å². The SMILES string of the molecule is O=C1CC[C@@H](N2Cc3cc(Cn4ncc5c(-c6ncc(C(F)(F)F)cc6Cl)cc(N6CC(F)C6)nc54)ccc3C2=O)C(=O)N1. The number of carbonyl (C=O) groups is 3. The van der Waals surface area contributed by atoms with Crippen LogP contribution in [0.15, 0.2) is 42.7 Å². The molecule has 0 bridgehead atoms. The van der Waals surface area contributed by atoms with Crippen LogP contribution in [-0.2, 0) is 28.9 Å². The fourth-order valence-electron chi connectivity index (χ4n) is 5.81. The lowest BCUT2D eigenvalue weighted by Crippen LogP contribution is -2.52. The van der Waals surface area contributed by atoms with Gasteiger partial charge in [0, 0.05) is 35.7 Å². The second kappa shape index (κ2) is 10.3. The maximum absolute atomic E-state index is 13.7. The van der Waals surface area contributed by atoms with Crippen molar-refractivity contribution >= 4 is 46.2 Å². The van der Waals surface area contributed by atoms with Crippen molar-refractivity contribution in [3.8, 4) is 11.3 Å². The van der Waals surface area contributed by atoms with Crippen LogP contribution in [0.5, 0.6) is 0 Å². The maximum Gasteiger partial charge on any atom is 0.417 e. The minimum atomic E-state index is -4.62. The Kier molecular flexibility index (Phi) is 6.57. The number of hydrogen-bond donors (Lipinski definition) is 1. The lowest BCUT2D eigenvalue weighted by atomic mass is 10.0. The number of halogens is 5. The molecule has 3 aliphatic heterocycles. The van der Waals surface area contributed by atoms with Crippen LogP contribution >= 0.6 is 11.6 Å². The van der Waals surface area contributed by atoms with Gasteiger partial charge < -0.3 is 9.80 Å². The van der Waals surface area contributed by atoms with Gasteiger partial charge in [0.15, 0.2) is 5.65 Å². The molecule has 0 unspecified atom stereocenters. The Morgan fingerprint density at radius 3 is 2.55 bits per heavy atom. The number of amides is 3. The summed E-state index contributed by atoms with van der Waals surface area (Å²) in [7, 11) is 0. The standard InChI is InChI=1S/C29H22ClF4N7O3/c30-21-6-16(29(32,33)34)8-35-25(21)19-7-23(39-12-17(31)13-39)37-26-20(19)9-36-41(26)10-14-1-2-18-15(5-14)11-40(28(18)44)22-3-4-24(42)38-27(22)43/h1-2,5-9,17,22H,3-4,10-13H2,(H,38,42,43)/t22-/m1/s1. The maximum atomic E-state index is 13.7. The van der Waals surface area contributed by atoms with Gasteiger partial charge >= 0.3 is 6.18 Å². The zero-order chi connectivity index (χ0) is 30.9. The van der Waals surface area contributed by atoms with Gasteiger partial charge in [-0.25, -0.2) is 14.1 Å². The van der Waals surface area contributed by atoms with E-state index in [0.717, 1.165) is 17.2 Å². The van der Waals surface area contributed by atoms with Crippen LogP contribution in [0.25, 0.3) is 22.3 Å². The molecule has 2 fully saturated rings. The molecule has 226 valence electrons. The molecule has 4 aromatic rings. The number of anilines is 1. The second-order valence-electron chi connectivity index (χ2n) is 11.0. The quantitative estimate of drug-likeness (QED) is 0.262. The fraction of sp³-hybridized carbons (Fsp3) is 0.310. The number of aromatic nitrogens is 4. The van der Waals surface area contributed by atoms with E-state index >= 15 is 0 Å². The number of hydrogen-bond acceptors (Lipinski definition) is 7. The summed E-state index contributed by atoms with van der Waals surface area (Å²) in [6.45, 7) is 0.656. The number of imide groups is 1. The van der Waals surface area contributed by atoms with E-state index in [0.29, 0.717) is 34.2 Å². The van der Waals surface area contributed by atoms with Crippen molar-refractivity contribution in [2.24, 2.45) is 0 Å². The lowest BCUT2D eigenvalue weighted by Gasteiger charge is -2.35. The smallest absolute Gasteiger partial charge is 0.351 e. The Balaban J connectivity index is 1.22. The normalized spacial score (nSPS) is 19.0. The summed E-state index contributed by atoms with van der Waals surface area (Å²) in [5, 5.41) is 7.05. The molecule has 0 radical (unpaired) electrons. The van der Waals surface area contributed by atoms with Crippen molar-refractivity contribution in [3.63, 3.8) is 0 Å². The molecule has 10 nitrogen and oxygen atoms in total. The molecule has 7 rings (SSSR count). The van der Waals surface area contributed by atoms with Crippen LogP contribution < -0.4 is 10.2 Å². The fourth-order valence-corrected chi connectivity index (χ4v) is 6.08. The van der Waals surface area contributed by atoms with E-state index in [1.807, 2.05) is 6.07 Å². The molecular weight excluding hydrogens is 606 g/mol. The van der Waals surface area contributed by atoms with Crippen molar-refractivity contribution < 1.29 is 31.9 Å². The number of rotatable bonds is 5. The molecule has 3 aromatic heterocycles. The zero-order valence-electron chi connectivity index (χ0n) is 22.7. The summed E-state index contributed by atoms with van der Waals surface area (Å²) in [5.74, 6) is -0.741. The molecule has 15 heteroatoms. The summed E-state index contributed by atoms with van der Waals surface area (Å²) in [6.07, 6.45) is -3.00. The number of nitrogens with one attached hydrogen (secondary N) is 1. The summed E-state index contributed by atoms with van der Waals surface area (Å²) in [5.41, 5.74) is 1.87. The van der Waals surface area contributed by atoms with E-state index in [2.05, 4.69) is 15.4 Å². The van der Waals surface area contributed by atoms with Gasteiger partial charge in [-0.15, -0.1) is 0 Å². The van der Waals surface area contributed by atoms with Gasteiger partial charge in [0.1, 0.15) is 18.0 Å². The molecule has 2 saturated heterocycles. The first-order valence-corrected chi connectivity index (χ1v) is 14.1. The van der Waals surface area contributed by atoms with E-state index < -0.39 is 29.9 Å². The molecule has 6 heterocycles. The van der Waals surface area contributed by atoms with Gasteiger partial charge in [-0.05, 0) is 35.7 Å². The topological polar surface area (TPSA) is 113 Å². The monoisotopic (exact) mass is 627 g/mol. The Bertz CT molecular complexity index is 1870. The first-order valence-electron chi connectivity index (χ1n) is 13.7. The van der Waals surface area contributed by atoms with Crippen LogP contribution in [0.2, 0.25) is 5.02 Å². The van der Waals surface area contributed by atoms with Gasteiger partial charge in [-0.3, -0.25) is 24.7 Å². The molecule has 44 heavy (non-hydrogen) atoms. The van der Waals surface area contributed by atoms with Gasteiger partial charge in [0.2, 0.25) is 11.8 Å². The number of carbonyl (C=O) groups excluding carboxylic acids is 3. The van der Waals surface area contributed by atoms with Crippen molar-refractivity contribution in [1.82, 2.24) is 30.0 Å². The molecule has 3 aliphatic rings. The summed E-state index contributed by atoms with van der Waals surface area (Å²) >= 11 is 6.30. The first-order chi connectivity index (χ1) is 21.0. The van der Waals surface area contributed by atoms with Gasteiger partial charge in [0.25, 0.3) is 5.91 Å². The molecule has 3 amide bonds. The van der Waals surface area contributed by atoms with E-state index in [1.165, 1.54) is 11.1 Å². The minimum Gasteiger partial charge on any atom is -0.351 e.